The van der Waals surface area contributed by atoms with Crippen LogP contribution in [0.15, 0.2) is 40.1 Å². The molecule has 0 spiro atoms. The molecule has 1 aliphatic heterocycles. The van der Waals surface area contributed by atoms with Gasteiger partial charge in [0, 0.05) is 45.0 Å². The Labute approximate surface area is 138 Å². The van der Waals surface area contributed by atoms with Gasteiger partial charge in [-0.1, -0.05) is 12.1 Å². The lowest BCUT2D eigenvalue weighted by Crippen LogP contribution is -2.40. The maximum atomic E-state index is 13.1. The standard InChI is InChI=1S/C17H20FN3O3/c1-19-8-12(16(23)20(2)17(19)24)9-21-10-14(22)7-15(21)11-3-5-13(18)6-4-11/h3-6,8,14-15,22H,7,9-10H2,1-2H3/t14-,15+/m1/s1. The Morgan fingerprint density at radius 3 is 2.54 bits per heavy atom. The van der Waals surface area contributed by atoms with Crippen molar-refractivity contribution in [3.05, 3.63) is 68.2 Å². The molecule has 1 aliphatic rings. The van der Waals surface area contributed by atoms with Crippen molar-refractivity contribution in [2.24, 2.45) is 14.1 Å². The maximum absolute atomic E-state index is 13.1. The first kappa shape index (κ1) is 16.6. The molecule has 1 fully saturated rings. The highest BCUT2D eigenvalue weighted by Crippen LogP contribution is 2.33. The molecule has 1 aromatic heterocycles. The van der Waals surface area contributed by atoms with E-state index in [1.165, 1.54) is 29.9 Å². The van der Waals surface area contributed by atoms with Crippen LogP contribution in [0.3, 0.4) is 0 Å². The van der Waals surface area contributed by atoms with Crippen LogP contribution in [0.5, 0.6) is 0 Å². The van der Waals surface area contributed by atoms with Crippen LogP contribution in [0.25, 0.3) is 0 Å². The van der Waals surface area contributed by atoms with Crippen molar-refractivity contribution >= 4 is 0 Å². The average molecular weight is 333 g/mol. The smallest absolute Gasteiger partial charge is 0.330 e. The Kier molecular flexibility index (Phi) is 4.38. The van der Waals surface area contributed by atoms with E-state index in [1.807, 2.05) is 4.90 Å². The van der Waals surface area contributed by atoms with Crippen LogP contribution in [0.1, 0.15) is 23.6 Å². The van der Waals surface area contributed by atoms with Gasteiger partial charge in [-0.2, -0.15) is 0 Å². The van der Waals surface area contributed by atoms with E-state index < -0.39 is 6.10 Å². The van der Waals surface area contributed by atoms with E-state index in [9.17, 15) is 19.1 Å². The van der Waals surface area contributed by atoms with Gasteiger partial charge in [-0.25, -0.2) is 9.18 Å². The molecule has 1 N–H and O–H groups in total. The average Bonchev–Trinajstić information content (AvgIpc) is 2.92. The highest BCUT2D eigenvalue weighted by molar-refractivity contribution is 5.22. The third-order valence-corrected chi connectivity index (χ3v) is 4.53. The molecule has 2 heterocycles. The molecule has 0 bridgehead atoms. The molecule has 24 heavy (non-hydrogen) atoms. The second kappa shape index (κ2) is 6.33. The van der Waals surface area contributed by atoms with Crippen molar-refractivity contribution in [2.75, 3.05) is 6.54 Å². The second-order valence-electron chi connectivity index (χ2n) is 6.30. The quantitative estimate of drug-likeness (QED) is 0.890. The SMILES string of the molecule is Cn1cc(CN2C[C@H](O)C[C@H]2c2ccc(F)cc2)c(=O)n(C)c1=O. The molecule has 0 amide bonds. The van der Waals surface area contributed by atoms with Gasteiger partial charge in [0.25, 0.3) is 5.56 Å². The number of benzene rings is 1. The largest absolute Gasteiger partial charge is 0.392 e. The first-order valence-electron chi connectivity index (χ1n) is 7.80. The van der Waals surface area contributed by atoms with Gasteiger partial charge < -0.3 is 9.67 Å². The zero-order valence-corrected chi connectivity index (χ0v) is 13.6. The summed E-state index contributed by atoms with van der Waals surface area (Å²) in [5, 5.41) is 10.0. The van der Waals surface area contributed by atoms with Crippen LogP contribution in [-0.2, 0) is 20.6 Å². The van der Waals surface area contributed by atoms with Gasteiger partial charge in [-0.05, 0) is 24.1 Å². The summed E-state index contributed by atoms with van der Waals surface area (Å²) in [4.78, 5) is 26.1. The number of aliphatic hydroxyl groups excluding tert-OH is 1. The predicted octanol–water partition coefficient (Wildman–Crippen LogP) is 0.531. The van der Waals surface area contributed by atoms with Crippen LogP contribution >= 0.6 is 0 Å². The van der Waals surface area contributed by atoms with Crippen molar-refractivity contribution in [2.45, 2.75) is 25.1 Å². The minimum atomic E-state index is -0.503. The van der Waals surface area contributed by atoms with Crippen LogP contribution in [0.2, 0.25) is 0 Å². The van der Waals surface area contributed by atoms with Gasteiger partial charge in [0.05, 0.1) is 6.10 Å². The second-order valence-corrected chi connectivity index (χ2v) is 6.30. The molecule has 128 valence electrons. The number of β-amino-alcohol motifs (C(OH)–C–C–N with tert-alkyl or cyclic N) is 1. The van der Waals surface area contributed by atoms with Gasteiger partial charge in [0.15, 0.2) is 0 Å². The summed E-state index contributed by atoms with van der Waals surface area (Å²) in [6.07, 6.45) is 1.56. The highest BCUT2D eigenvalue weighted by atomic mass is 19.1. The van der Waals surface area contributed by atoms with Crippen LogP contribution in [0.4, 0.5) is 4.39 Å². The zero-order valence-electron chi connectivity index (χ0n) is 13.6. The highest BCUT2D eigenvalue weighted by Gasteiger charge is 2.32. The lowest BCUT2D eigenvalue weighted by atomic mass is 10.0. The van der Waals surface area contributed by atoms with Gasteiger partial charge in [0.1, 0.15) is 5.82 Å². The first-order valence-corrected chi connectivity index (χ1v) is 7.80. The first-order chi connectivity index (χ1) is 11.4. The van der Waals surface area contributed by atoms with Crippen LogP contribution in [0, 0.1) is 5.82 Å². The monoisotopic (exact) mass is 333 g/mol. The van der Waals surface area contributed by atoms with Gasteiger partial charge >= 0.3 is 5.69 Å². The molecule has 0 unspecified atom stereocenters. The summed E-state index contributed by atoms with van der Waals surface area (Å²) in [6.45, 7) is 0.744. The summed E-state index contributed by atoms with van der Waals surface area (Å²) in [5.74, 6) is -0.309. The summed E-state index contributed by atoms with van der Waals surface area (Å²) in [6, 6.07) is 6.09. The molecule has 3 rings (SSSR count). The van der Waals surface area contributed by atoms with Crippen molar-refractivity contribution < 1.29 is 9.50 Å². The normalized spacial score (nSPS) is 21.3. The van der Waals surface area contributed by atoms with E-state index in [4.69, 9.17) is 0 Å². The molecule has 2 aromatic rings. The van der Waals surface area contributed by atoms with Crippen LogP contribution < -0.4 is 11.2 Å². The van der Waals surface area contributed by atoms with Crippen molar-refractivity contribution in [3.8, 4) is 0 Å². The van der Waals surface area contributed by atoms with E-state index in [0.717, 1.165) is 10.1 Å². The molecule has 2 atom stereocenters. The Hall–Kier alpha value is -2.25. The number of hydrogen-bond donors (Lipinski definition) is 1. The van der Waals surface area contributed by atoms with E-state index >= 15 is 0 Å². The van der Waals surface area contributed by atoms with Crippen LogP contribution in [-0.4, -0.2) is 31.8 Å². The van der Waals surface area contributed by atoms with Crippen molar-refractivity contribution in [1.29, 1.82) is 0 Å². The zero-order chi connectivity index (χ0) is 17.4. The summed E-state index contributed by atoms with van der Waals surface area (Å²) >= 11 is 0. The molecule has 0 aliphatic carbocycles. The number of nitrogens with zero attached hydrogens (tertiary/aromatic N) is 3. The lowest BCUT2D eigenvalue weighted by molar-refractivity contribution is 0.172. The van der Waals surface area contributed by atoms with Gasteiger partial charge in [-0.3, -0.25) is 14.3 Å². The molecule has 1 saturated heterocycles. The van der Waals surface area contributed by atoms with Gasteiger partial charge in [0.2, 0.25) is 0 Å². The molecule has 0 saturated carbocycles. The topological polar surface area (TPSA) is 67.5 Å². The van der Waals surface area contributed by atoms with Crippen molar-refractivity contribution in [3.63, 3.8) is 0 Å². The minimum Gasteiger partial charge on any atom is -0.392 e. The van der Waals surface area contributed by atoms with Gasteiger partial charge in [-0.15, -0.1) is 0 Å². The minimum absolute atomic E-state index is 0.0949. The molecule has 7 heteroatoms. The number of aromatic nitrogens is 2. The third kappa shape index (κ3) is 3.05. The fourth-order valence-corrected chi connectivity index (χ4v) is 3.30. The fourth-order valence-electron chi connectivity index (χ4n) is 3.30. The number of aryl methyl sites for hydroxylation is 1. The number of aliphatic hydroxyl groups is 1. The Morgan fingerprint density at radius 1 is 1.21 bits per heavy atom. The fraction of sp³-hybridized carbons (Fsp3) is 0.412. The van der Waals surface area contributed by atoms with E-state index in [-0.39, 0.29) is 23.1 Å². The summed E-state index contributed by atoms with van der Waals surface area (Å²) in [7, 11) is 3.05. The van der Waals surface area contributed by atoms with E-state index in [1.54, 1.807) is 19.2 Å². The summed E-state index contributed by atoms with van der Waals surface area (Å²) < 4.78 is 15.6. The summed E-state index contributed by atoms with van der Waals surface area (Å²) in [5.41, 5.74) is 0.674. The maximum Gasteiger partial charge on any atom is 0.330 e. The molecule has 6 nitrogen and oxygen atoms in total. The molecular formula is C17H20FN3O3. The number of likely N-dealkylation sites (tertiary alicyclic amines) is 1. The van der Waals surface area contributed by atoms with E-state index in [2.05, 4.69) is 0 Å². The number of halogens is 1. The molecule has 0 radical (unpaired) electrons. The van der Waals surface area contributed by atoms with Crippen molar-refractivity contribution in [1.82, 2.24) is 14.0 Å². The number of hydrogen-bond acceptors (Lipinski definition) is 4. The Balaban J connectivity index is 1.92. The Morgan fingerprint density at radius 2 is 1.88 bits per heavy atom. The molecule has 1 aromatic carbocycles. The Bertz CT molecular complexity index is 857. The third-order valence-electron chi connectivity index (χ3n) is 4.53. The number of rotatable bonds is 3. The predicted molar refractivity (Wildman–Crippen MR) is 87.1 cm³/mol. The lowest BCUT2D eigenvalue weighted by Gasteiger charge is -2.24. The van der Waals surface area contributed by atoms with E-state index in [0.29, 0.717) is 25.1 Å². The molecular weight excluding hydrogens is 313 g/mol.